The van der Waals surface area contributed by atoms with E-state index in [1.165, 1.54) is 7.11 Å². The molecule has 0 radical (unpaired) electrons. The number of hydrogen-bond donors (Lipinski definition) is 0. The minimum absolute atomic E-state index is 0.126. The fourth-order valence-electron chi connectivity index (χ4n) is 1.99. The van der Waals surface area contributed by atoms with E-state index in [0.717, 1.165) is 5.56 Å². The van der Waals surface area contributed by atoms with Crippen LogP contribution in [0.15, 0.2) is 48.5 Å². The van der Waals surface area contributed by atoms with Crippen LogP contribution in [-0.2, 0) is 10.3 Å². The van der Waals surface area contributed by atoms with E-state index in [1.807, 2.05) is 0 Å². The number of carbonyl (C=O) groups is 1. The van der Waals surface area contributed by atoms with Gasteiger partial charge in [0.1, 0.15) is 0 Å². The molecule has 0 fully saturated rings. The van der Waals surface area contributed by atoms with Crippen molar-refractivity contribution >= 4 is 29.0 Å². The third-order valence-corrected chi connectivity index (χ3v) is 3.85. The van der Waals surface area contributed by atoms with Gasteiger partial charge in [-0.05, 0) is 48.9 Å². The van der Waals surface area contributed by atoms with Crippen LogP contribution in [0.5, 0.6) is 0 Å². The first-order valence-corrected chi connectivity index (χ1v) is 6.84. The monoisotopic (exact) mass is 308 g/mol. The predicted molar refractivity (Wildman–Crippen MR) is 81.6 cm³/mol. The smallest absolute Gasteiger partial charge is 0.198 e. The number of Topliss-reactive ketones (excluding diaryl/α,β-unsaturated/α-hetero) is 1. The molecular weight excluding hydrogens is 295 g/mol. The van der Waals surface area contributed by atoms with Crippen LogP contribution in [0, 0.1) is 0 Å². The average molecular weight is 309 g/mol. The Bertz CT molecular complexity index is 605. The minimum Gasteiger partial charge on any atom is -0.366 e. The lowest BCUT2D eigenvalue weighted by Crippen LogP contribution is -2.34. The van der Waals surface area contributed by atoms with Crippen LogP contribution in [-0.4, -0.2) is 12.9 Å². The molecule has 0 aromatic heterocycles. The van der Waals surface area contributed by atoms with Crippen LogP contribution >= 0.6 is 23.2 Å². The molecule has 0 bridgehead atoms. The van der Waals surface area contributed by atoms with E-state index in [4.69, 9.17) is 27.9 Å². The Balaban J connectivity index is 2.42. The molecule has 2 aromatic carbocycles. The molecule has 0 aliphatic heterocycles. The standard InChI is InChI=1S/C16H14Cl2O2/c1-16(20-2,12-5-9-14(18)10-6-12)15(19)11-3-7-13(17)8-4-11/h3-10H,1-2H3. The van der Waals surface area contributed by atoms with Crippen LogP contribution < -0.4 is 0 Å². The molecule has 1 atom stereocenters. The number of carbonyl (C=O) groups excluding carboxylic acids is 1. The summed E-state index contributed by atoms with van der Waals surface area (Å²) in [6, 6.07) is 13.8. The maximum absolute atomic E-state index is 12.7. The molecule has 0 aliphatic rings. The Morgan fingerprint density at radius 3 is 1.85 bits per heavy atom. The minimum atomic E-state index is -1.06. The molecular formula is C16H14Cl2O2. The lowest BCUT2D eigenvalue weighted by Gasteiger charge is -2.27. The molecule has 0 heterocycles. The van der Waals surface area contributed by atoms with Crippen molar-refractivity contribution in [2.24, 2.45) is 0 Å². The highest BCUT2D eigenvalue weighted by atomic mass is 35.5. The molecule has 0 amide bonds. The second-order valence-corrected chi connectivity index (χ2v) is 5.45. The zero-order valence-corrected chi connectivity index (χ0v) is 12.7. The number of ketones is 1. The molecule has 2 nitrogen and oxygen atoms in total. The van der Waals surface area contributed by atoms with Crippen LogP contribution in [0.3, 0.4) is 0 Å². The van der Waals surface area contributed by atoms with Crippen molar-refractivity contribution in [1.29, 1.82) is 0 Å². The first-order valence-electron chi connectivity index (χ1n) is 6.09. The van der Waals surface area contributed by atoms with Gasteiger partial charge in [0, 0.05) is 22.7 Å². The van der Waals surface area contributed by atoms with Crippen molar-refractivity contribution in [3.8, 4) is 0 Å². The SMILES string of the molecule is COC(C)(C(=O)c1ccc(Cl)cc1)c1ccc(Cl)cc1. The highest BCUT2D eigenvalue weighted by molar-refractivity contribution is 6.31. The van der Waals surface area contributed by atoms with E-state index in [0.29, 0.717) is 15.6 Å². The summed E-state index contributed by atoms with van der Waals surface area (Å²) in [5, 5.41) is 1.21. The number of hydrogen-bond acceptors (Lipinski definition) is 2. The number of ether oxygens (including phenoxy) is 1. The van der Waals surface area contributed by atoms with E-state index >= 15 is 0 Å². The third kappa shape index (κ3) is 2.88. The quantitative estimate of drug-likeness (QED) is 0.763. The van der Waals surface area contributed by atoms with Gasteiger partial charge in [0.2, 0.25) is 0 Å². The zero-order valence-electron chi connectivity index (χ0n) is 11.2. The molecule has 2 aromatic rings. The molecule has 0 spiro atoms. The number of rotatable bonds is 4. The summed E-state index contributed by atoms with van der Waals surface area (Å²) < 4.78 is 5.48. The summed E-state index contributed by atoms with van der Waals surface area (Å²) in [6.45, 7) is 1.74. The molecule has 0 saturated carbocycles. The zero-order chi connectivity index (χ0) is 14.8. The van der Waals surface area contributed by atoms with Crippen molar-refractivity contribution in [2.75, 3.05) is 7.11 Å². The lowest BCUT2D eigenvalue weighted by molar-refractivity contribution is 0.0101. The van der Waals surface area contributed by atoms with E-state index in [-0.39, 0.29) is 5.78 Å². The van der Waals surface area contributed by atoms with Gasteiger partial charge in [0.15, 0.2) is 11.4 Å². The fraction of sp³-hybridized carbons (Fsp3) is 0.188. The summed E-state index contributed by atoms with van der Waals surface area (Å²) in [5.41, 5.74) is 0.247. The lowest BCUT2D eigenvalue weighted by atomic mass is 9.87. The molecule has 0 aliphatic carbocycles. The Labute approximate surface area is 128 Å². The highest BCUT2D eigenvalue weighted by Crippen LogP contribution is 2.30. The van der Waals surface area contributed by atoms with Gasteiger partial charge < -0.3 is 4.74 Å². The summed E-state index contributed by atoms with van der Waals surface area (Å²) in [5.74, 6) is -0.126. The van der Waals surface area contributed by atoms with Gasteiger partial charge in [-0.3, -0.25) is 4.79 Å². The van der Waals surface area contributed by atoms with Crippen LogP contribution in [0.25, 0.3) is 0 Å². The number of benzene rings is 2. The number of methoxy groups -OCH3 is 1. The molecule has 2 rings (SSSR count). The van der Waals surface area contributed by atoms with Gasteiger partial charge in [0.05, 0.1) is 0 Å². The van der Waals surface area contributed by atoms with Gasteiger partial charge in [0.25, 0.3) is 0 Å². The number of halogens is 2. The van der Waals surface area contributed by atoms with Crippen molar-refractivity contribution in [3.05, 3.63) is 69.7 Å². The molecule has 20 heavy (non-hydrogen) atoms. The van der Waals surface area contributed by atoms with Crippen molar-refractivity contribution in [3.63, 3.8) is 0 Å². The van der Waals surface area contributed by atoms with Gasteiger partial charge in [-0.25, -0.2) is 0 Å². The van der Waals surface area contributed by atoms with Crippen molar-refractivity contribution in [1.82, 2.24) is 0 Å². The fourth-order valence-corrected chi connectivity index (χ4v) is 2.24. The van der Waals surface area contributed by atoms with E-state index in [9.17, 15) is 4.79 Å². The summed E-state index contributed by atoms with van der Waals surface area (Å²) >= 11 is 11.7. The molecule has 4 heteroatoms. The highest BCUT2D eigenvalue weighted by Gasteiger charge is 2.35. The Kier molecular flexibility index (Phi) is 4.48. The second-order valence-electron chi connectivity index (χ2n) is 4.58. The first-order chi connectivity index (χ1) is 9.47. The van der Waals surface area contributed by atoms with Crippen LogP contribution in [0.4, 0.5) is 0 Å². The van der Waals surface area contributed by atoms with Gasteiger partial charge in [-0.15, -0.1) is 0 Å². The average Bonchev–Trinajstić information content (AvgIpc) is 2.47. The third-order valence-electron chi connectivity index (χ3n) is 3.34. The molecule has 1 unspecified atom stereocenters. The second kappa shape index (κ2) is 5.96. The molecule has 0 saturated heterocycles. The Morgan fingerprint density at radius 1 is 0.950 bits per heavy atom. The topological polar surface area (TPSA) is 26.3 Å². The Hall–Kier alpha value is -1.35. The predicted octanol–water partition coefficient (Wildman–Crippen LogP) is 4.74. The maximum Gasteiger partial charge on any atom is 0.198 e. The van der Waals surface area contributed by atoms with E-state index in [1.54, 1.807) is 55.5 Å². The van der Waals surface area contributed by atoms with E-state index in [2.05, 4.69) is 0 Å². The van der Waals surface area contributed by atoms with Gasteiger partial charge in [-0.1, -0.05) is 35.3 Å². The van der Waals surface area contributed by atoms with E-state index < -0.39 is 5.60 Å². The van der Waals surface area contributed by atoms with Crippen LogP contribution in [0.2, 0.25) is 10.0 Å². The molecule has 0 N–H and O–H groups in total. The first kappa shape index (κ1) is 15.0. The van der Waals surface area contributed by atoms with Crippen molar-refractivity contribution in [2.45, 2.75) is 12.5 Å². The summed E-state index contributed by atoms with van der Waals surface area (Å²) in [7, 11) is 1.52. The summed E-state index contributed by atoms with van der Waals surface area (Å²) in [6.07, 6.45) is 0. The maximum atomic E-state index is 12.7. The summed E-state index contributed by atoms with van der Waals surface area (Å²) in [4.78, 5) is 12.7. The Morgan fingerprint density at radius 2 is 1.40 bits per heavy atom. The van der Waals surface area contributed by atoms with Crippen molar-refractivity contribution < 1.29 is 9.53 Å². The molecule has 104 valence electrons. The van der Waals surface area contributed by atoms with Gasteiger partial charge in [-0.2, -0.15) is 0 Å². The van der Waals surface area contributed by atoms with Gasteiger partial charge >= 0.3 is 0 Å². The normalized spacial score (nSPS) is 13.8. The van der Waals surface area contributed by atoms with Crippen LogP contribution in [0.1, 0.15) is 22.8 Å². The largest absolute Gasteiger partial charge is 0.366 e.